The average molecular weight is 1590 g/mol. The number of halogens is 2. The predicted molar refractivity (Wildman–Crippen MR) is 403 cm³/mol. The van der Waals surface area contributed by atoms with E-state index < -0.39 is 66.0 Å². The highest BCUT2D eigenvalue weighted by molar-refractivity contribution is 14.1. The molecule has 528 valence electrons. The molecule has 0 aromatic rings. The number of ether oxygens (including phenoxy) is 7. The topological polar surface area (TPSA) is 128 Å². The number of hydrogen-bond donors (Lipinski definition) is 0. The third-order valence-electron chi connectivity index (χ3n) is 23.5. The molecule has 0 spiro atoms. The molecular weight excluding hydrogens is 1460 g/mol. The number of ketones is 1. The zero-order valence-corrected chi connectivity index (χ0v) is 71.3. The van der Waals surface area contributed by atoms with Gasteiger partial charge in [-0.3, -0.25) is 4.79 Å². The molecule has 0 saturated carbocycles. The van der Waals surface area contributed by atoms with Crippen molar-refractivity contribution in [2.45, 2.75) is 380 Å². The molecule has 0 bridgehead atoms. The molecule has 91 heavy (non-hydrogen) atoms. The van der Waals surface area contributed by atoms with E-state index in [4.69, 9.17) is 61.9 Å². The van der Waals surface area contributed by atoms with Crippen LogP contribution in [0, 0.1) is 5.92 Å². The van der Waals surface area contributed by atoms with E-state index in [1.54, 1.807) is 0 Å². The molecule has 0 N–H and O–H groups in total. The Balaban J connectivity index is 1.27. The number of carbonyl (C=O) groups excluding carboxylic acids is 1. The molecule has 5 unspecified atom stereocenters. The standard InChI is InChI=1S/C71H132I2O13Si5/c1-47-39-51(31-34-62-75-37-28-38-76-62)78-57(47)32-29-53-44-56(73)48(2)60(79-53)45-61-49(41-54(80-61)43-55(83-88(20,21)68(6,7)8)46-77-87(18,19)67(3,4)5)40-50(74)42-52-30-33-58-63(81-52)65(85-90(24,25)70(12,13)14)66(86-91(26,27)71(15,16)17)64(82-58)59(35-36-72)84-89(22,23)69(9,10)11/h35-36,49,51-66H,1-2,28-34,37-46H2,3-27H3/b36-35+/t49-,51+,52-,53+,54+,55?,56+,57+,58+,59?,60-,61+,63?,64-,65?,66?/m1/s1. The molecule has 16 atom stereocenters. The molecule has 6 fully saturated rings. The molecule has 6 aliphatic heterocycles. The van der Waals surface area contributed by atoms with E-state index in [1.807, 2.05) is 0 Å². The van der Waals surface area contributed by atoms with Gasteiger partial charge in [-0.25, -0.2) is 0 Å². The fourth-order valence-electron chi connectivity index (χ4n) is 12.4. The van der Waals surface area contributed by atoms with Crippen molar-refractivity contribution >= 4 is 92.6 Å². The predicted octanol–water partition coefficient (Wildman–Crippen LogP) is 19.3. The lowest BCUT2D eigenvalue weighted by atomic mass is 9.84. The van der Waals surface area contributed by atoms with Crippen molar-refractivity contribution in [3.05, 3.63) is 34.5 Å². The van der Waals surface area contributed by atoms with Crippen LogP contribution >= 0.6 is 45.2 Å². The second-order valence-corrected chi connectivity index (χ2v) is 61.9. The van der Waals surface area contributed by atoms with Gasteiger partial charge in [0.25, 0.3) is 0 Å². The Kier molecular flexibility index (Phi) is 28.3. The number of hydrogen-bond acceptors (Lipinski definition) is 13. The lowest BCUT2D eigenvalue weighted by Gasteiger charge is -2.56. The number of alkyl halides is 1. The van der Waals surface area contributed by atoms with Crippen molar-refractivity contribution in [2.24, 2.45) is 5.92 Å². The Morgan fingerprint density at radius 3 is 1.73 bits per heavy atom. The van der Waals surface area contributed by atoms with E-state index in [0.717, 1.165) is 76.6 Å². The number of rotatable bonds is 27. The summed E-state index contributed by atoms with van der Waals surface area (Å²) >= 11 is 4.91. The summed E-state index contributed by atoms with van der Waals surface area (Å²) in [6.45, 7) is 69.0. The third-order valence-corrected chi connectivity index (χ3v) is 47.7. The van der Waals surface area contributed by atoms with Gasteiger partial charge in [0, 0.05) is 36.0 Å². The van der Waals surface area contributed by atoms with Crippen molar-refractivity contribution < 1.29 is 60.1 Å². The van der Waals surface area contributed by atoms with Gasteiger partial charge in [0.1, 0.15) is 30.2 Å². The summed E-state index contributed by atoms with van der Waals surface area (Å²) in [6.07, 6.45) is 9.09. The lowest BCUT2D eigenvalue weighted by Crippen LogP contribution is -2.69. The second-order valence-electron chi connectivity index (χ2n) is 35.9. The molecule has 6 rings (SSSR count). The van der Waals surface area contributed by atoms with Gasteiger partial charge < -0.3 is 55.3 Å². The SMILES string of the molecule is C=C1C[C@H](CCC2OCCCO2)O[C@H]1CC[C@H]1C[C@H](I)C(=C)[C@@H](C[C@@H]2O[C@H](CC(CO[Si](C)(C)C(C)(C)C)O[Si](C)(C)C(C)(C)C)C[C@H]2CC(=O)C[C@H]2CC[C@@H]3O[C@H](C(/C=C/I)O[Si](C)(C)C(C)(C)C)C(O[Si](C)(C)C(C)(C)C)C(O[Si](C)(C)C(C)(C)C)C3O2)O1. The maximum absolute atomic E-state index is 15.2. The van der Waals surface area contributed by atoms with Crippen LogP contribution in [-0.2, 0) is 60.1 Å². The lowest BCUT2D eigenvalue weighted by molar-refractivity contribution is -0.266. The van der Waals surface area contributed by atoms with E-state index in [0.29, 0.717) is 38.7 Å². The van der Waals surface area contributed by atoms with Gasteiger partial charge in [0.2, 0.25) is 0 Å². The maximum atomic E-state index is 15.2. The highest BCUT2D eigenvalue weighted by Gasteiger charge is 2.58. The van der Waals surface area contributed by atoms with Crippen LogP contribution < -0.4 is 0 Å². The first-order chi connectivity index (χ1) is 41.5. The van der Waals surface area contributed by atoms with Crippen LogP contribution in [-0.4, -0.2) is 163 Å². The second kappa shape index (κ2) is 31.9. The Bertz CT molecular complexity index is 2400. The minimum atomic E-state index is -2.48. The summed E-state index contributed by atoms with van der Waals surface area (Å²) in [5.74, 6) is 0.157. The van der Waals surface area contributed by atoms with Crippen LogP contribution in [0.25, 0.3) is 0 Å². The summed E-state index contributed by atoms with van der Waals surface area (Å²) in [6, 6.07) is 0. The highest BCUT2D eigenvalue weighted by atomic mass is 127. The first-order valence-electron chi connectivity index (χ1n) is 35.2. The van der Waals surface area contributed by atoms with Crippen molar-refractivity contribution in [1.29, 1.82) is 0 Å². The Hall–Kier alpha value is 0.954. The molecule has 0 aliphatic carbocycles. The molecule has 0 aromatic heterocycles. The van der Waals surface area contributed by atoms with E-state index in [9.17, 15) is 0 Å². The van der Waals surface area contributed by atoms with E-state index >= 15 is 4.79 Å². The van der Waals surface area contributed by atoms with Gasteiger partial charge in [-0.2, -0.15) is 0 Å². The molecule has 13 nitrogen and oxygen atoms in total. The third kappa shape index (κ3) is 21.7. The Labute approximate surface area is 588 Å². The van der Waals surface area contributed by atoms with E-state index in [-0.39, 0.29) is 108 Å². The average Bonchev–Trinajstić information content (AvgIpc) is 1.35. The summed E-state index contributed by atoms with van der Waals surface area (Å²) < 4.78 is 87.2. The number of carbonyl (C=O) groups is 1. The minimum absolute atomic E-state index is 0.00553. The van der Waals surface area contributed by atoms with Gasteiger partial charge >= 0.3 is 0 Å². The van der Waals surface area contributed by atoms with Crippen molar-refractivity contribution in [3.63, 3.8) is 0 Å². The monoisotopic (exact) mass is 1590 g/mol. The zero-order chi connectivity index (χ0) is 68.5. The van der Waals surface area contributed by atoms with Crippen molar-refractivity contribution in [3.8, 4) is 0 Å². The van der Waals surface area contributed by atoms with Gasteiger partial charge in [-0.05, 0) is 176 Å². The van der Waals surface area contributed by atoms with E-state index in [1.165, 1.54) is 5.57 Å². The minimum Gasteiger partial charge on any atom is -0.414 e. The fourth-order valence-corrected chi connectivity index (χ4v) is 20.0. The maximum Gasteiger partial charge on any atom is 0.193 e. The van der Waals surface area contributed by atoms with Crippen LogP contribution in [0.4, 0.5) is 0 Å². The summed E-state index contributed by atoms with van der Waals surface area (Å²) in [5.41, 5.74) is 2.26. The van der Waals surface area contributed by atoms with Gasteiger partial charge in [-0.15, -0.1) is 0 Å². The Morgan fingerprint density at radius 1 is 0.604 bits per heavy atom. The molecule has 0 amide bonds. The smallest absolute Gasteiger partial charge is 0.193 e. The van der Waals surface area contributed by atoms with Crippen molar-refractivity contribution in [2.75, 3.05) is 19.8 Å². The first kappa shape index (κ1) is 80.9. The quantitative estimate of drug-likeness (QED) is 0.0335. The number of Topliss-reactive ketones (excluding diaryl/α,β-unsaturated/α-hetero) is 1. The molecule has 20 heteroatoms. The first-order valence-corrected chi connectivity index (χ1v) is 52.2. The van der Waals surface area contributed by atoms with Gasteiger partial charge in [-0.1, -0.05) is 162 Å². The van der Waals surface area contributed by atoms with Gasteiger partial charge in [0.05, 0.1) is 80.9 Å². The van der Waals surface area contributed by atoms with Crippen LogP contribution in [0.5, 0.6) is 0 Å². The highest BCUT2D eigenvalue weighted by Crippen LogP contribution is 2.49. The zero-order valence-electron chi connectivity index (χ0n) is 62.0. The molecule has 6 heterocycles. The fraction of sp³-hybridized carbons (Fsp3) is 0.901. The summed E-state index contributed by atoms with van der Waals surface area (Å²) in [5, 5.41) is -0.147. The Morgan fingerprint density at radius 2 is 1.15 bits per heavy atom. The van der Waals surface area contributed by atoms with Gasteiger partial charge in [0.15, 0.2) is 47.9 Å². The van der Waals surface area contributed by atoms with Crippen LogP contribution in [0.1, 0.15) is 194 Å². The number of fused-ring (bicyclic) bond motifs is 1. The van der Waals surface area contributed by atoms with Crippen LogP contribution in [0.3, 0.4) is 0 Å². The molecule has 0 radical (unpaired) electrons. The molecule has 0 aromatic carbocycles. The molecular formula is C71H132I2O13Si5. The largest absolute Gasteiger partial charge is 0.414 e. The van der Waals surface area contributed by atoms with Crippen LogP contribution in [0.2, 0.25) is 90.7 Å². The summed E-state index contributed by atoms with van der Waals surface area (Å²) in [4.78, 5) is 15.2. The van der Waals surface area contributed by atoms with Crippen LogP contribution in [0.15, 0.2) is 34.5 Å². The molecule has 6 saturated heterocycles. The van der Waals surface area contributed by atoms with E-state index in [2.05, 4.69) is 231 Å². The van der Waals surface area contributed by atoms with Crippen molar-refractivity contribution in [1.82, 2.24) is 0 Å². The normalized spacial score (nSPS) is 31.8. The molecule has 6 aliphatic rings. The summed E-state index contributed by atoms with van der Waals surface area (Å²) in [7, 11) is -11.6.